The van der Waals surface area contributed by atoms with Crippen LogP contribution in [0, 0.1) is 0 Å². The fourth-order valence-corrected chi connectivity index (χ4v) is 5.68. The van der Waals surface area contributed by atoms with Crippen LogP contribution in [0.3, 0.4) is 0 Å². The van der Waals surface area contributed by atoms with Crippen LogP contribution in [0.25, 0.3) is 0 Å². The average molecular weight is 476 g/mol. The summed E-state index contributed by atoms with van der Waals surface area (Å²) in [5.41, 5.74) is 7.64. The lowest BCUT2D eigenvalue weighted by atomic mass is 10.1. The maximum Gasteiger partial charge on any atom is 0.251 e. The van der Waals surface area contributed by atoms with Crippen LogP contribution in [0.5, 0.6) is 0 Å². The van der Waals surface area contributed by atoms with Crippen LogP contribution < -0.4 is 16.4 Å². The van der Waals surface area contributed by atoms with E-state index in [1.54, 1.807) is 12.1 Å². The monoisotopic (exact) mass is 475 g/mol. The number of nitrogens with zero attached hydrogens (tertiary/aromatic N) is 2. The van der Waals surface area contributed by atoms with Crippen LogP contribution in [0.4, 0.5) is 10.7 Å². The topological polar surface area (TPSA) is 108 Å². The maximum atomic E-state index is 12.6. The molecule has 4 N–H and O–H groups in total. The summed E-state index contributed by atoms with van der Waals surface area (Å²) in [4.78, 5) is 42.0. The normalized spacial score (nSPS) is 16.5. The quantitative estimate of drug-likeness (QED) is 0.569. The van der Waals surface area contributed by atoms with E-state index >= 15 is 0 Å². The Morgan fingerprint density at radius 3 is 2.22 bits per heavy atom. The lowest BCUT2D eigenvalue weighted by molar-refractivity contribution is -0.120. The first-order chi connectivity index (χ1) is 15.4. The Morgan fingerprint density at radius 2 is 1.59 bits per heavy atom. The van der Waals surface area contributed by atoms with Gasteiger partial charge < -0.3 is 16.4 Å². The number of halogens is 1. The molecule has 1 aliphatic heterocycles. The number of fused-ring (bicyclic) bond motifs is 1. The molecule has 0 unspecified atom stereocenters. The van der Waals surface area contributed by atoms with Crippen molar-refractivity contribution in [3.63, 3.8) is 0 Å². The van der Waals surface area contributed by atoms with Gasteiger partial charge in [0.05, 0.1) is 29.4 Å². The largest absolute Gasteiger partial charge is 0.365 e. The van der Waals surface area contributed by atoms with Crippen molar-refractivity contribution in [1.29, 1.82) is 0 Å². The summed E-state index contributed by atoms with van der Waals surface area (Å²) < 4.78 is 0. The summed E-state index contributed by atoms with van der Waals surface area (Å²) in [6.07, 6.45) is 2.80. The third-order valence-corrected chi connectivity index (χ3v) is 7.30. The molecule has 2 aliphatic rings. The van der Waals surface area contributed by atoms with Gasteiger partial charge in [0.2, 0.25) is 11.8 Å². The molecule has 1 saturated heterocycles. The summed E-state index contributed by atoms with van der Waals surface area (Å²) in [6.45, 7) is 3.23. The highest BCUT2D eigenvalue weighted by Gasteiger charge is 2.27. The van der Waals surface area contributed by atoms with Crippen molar-refractivity contribution in [1.82, 2.24) is 9.80 Å². The molecule has 3 amide bonds. The minimum absolute atomic E-state index is 0.117. The predicted molar refractivity (Wildman–Crippen MR) is 126 cm³/mol. The van der Waals surface area contributed by atoms with Crippen molar-refractivity contribution in [3.8, 4) is 0 Å². The third-order valence-electron chi connectivity index (χ3n) is 5.77. The Labute approximate surface area is 195 Å². The minimum atomic E-state index is -0.483. The fourth-order valence-electron chi connectivity index (χ4n) is 4.18. The molecule has 32 heavy (non-hydrogen) atoms. The number of anilines is 2. The molecule has 2 heterocycles. The SMILES string of the molecule is NC(=O)c1c(NC(=O)CN2CCN(CC(=O)Nc3ccccc3Cl)CC2)sc2c1CCC2. The van der Waals surface area contributed by atoms with Crippen molar-refractivity contribution in [2.75, 3.05) is 49.9 Å². The third kappa shape index (κ3) is 5.29. The number of amides is 3. The molecular formula is C22H26ClN5O3S. The number of benzene rings is 1. The van der Waals surface area contributed by atoms with Crippen LogP contribution in [-0.4, -0.2) is 66.8 Å². The van der Waals surface area contributed by atoms with Gasteiger partial charge in [0.15, 0.2) is 0 Å². The van der Waals surface area contributed by atoms with Gasteiger partial charge in [0.1, 0.15) is 5.00 Å². The lowest BCUT2D eigenvalue weighted by Crippen LogP contribution is -2.50. The van der Waals surface area contributed by atoms with Gasteiger partial charge in [0.25, 0.3) is 5.91 Å². The number of nitrogens with one attached hydrogen (secondary N) is 2. The van der Waals surface area contributed by atoms with Gasteiger partial charge >= 0.3 is 0 Å². The smallest absolute Gasteiger partial charge is 0.251 e. The van der Waals surface area contributed by atoms with Gasteiger partial charge in [-0.3, -0.25) is 24.2 Å². The molecular weight excluding hydrogens is 450 g/mol. The Hall–Kier alpha value is -2.46. The van der Waals surface area contributed by atoms with Crippen LogP contribution in [0.1, 0.15) is 27.2 Å². The minimum Gasteiger partial charge on any atom is -0.365 e. The lowest BCUT2D eigenvalue weighted by Gasteiger charge is -2.33. The molecule has 4 rings (SSSR count). The van der Waals surface area contributed by atoms with Gasteiger partial charge in [-0.15, -0.1) is 11.3 Å². The van der Waals surface area contributed by atoms with E-state index in [0.29, 0.717) is 47.5 Å². The molecule has 1 aliphatic carbocycles. The van der Waals surface area contributed by atoms with Gasteiger partial charge in [-0.2, -0.15) is 0 Å². The molecule has 0 bridgehead atoms. The Morgan fingerprint density at radius 1 is 0.969 bits per heavy atom. The molecule has 0 radical (unpaired) electrons. The van der Waals surface area contributed by atoms with Gasteiger partial charge in [-0.1, -0.05) is 23.7 Å². The first kappa shape index (κ1) is 22.7. The second-order valence-electron chi connectivity index (χ2n) is 8.05. The molecule has 1 aromatic heterocycles. The predicted octanol–water partition coefficient (Wildman–Crippen LogP) is 2.18. The number of thiophene rings is 1. The van der Waals surface area contributed by atoms with E-state index in [0.717, 1.165) is 29.7 Å². The number of aryl methyl sites for hydroxylation is 1. The average Bonchev–Trinajstić information content (AvgIpc) is 3.31. The van der Waals surface area contributed by atoms with Gasteiger partial charge in [-0.25, -0.2) is 0 Å². The number of piperazine rings is 1. The summed E-state index contributed by atoms with van der Waals surface area (Å²) in [5, 5.41) is 6.80. The van der Waals surface area contributed by atoms with Crippen LogP contribution in [0.2, 0.25) is 5.02 Å². The van der Waals surface area contributed by atoms with Crippen molar-refractivity contribution in [2.45, 2.75) is 19.3 Å². The molecule has 2 aromatic rings. The van der Waals surface area contributed by atoms with Gasteiger partial charge in [-0.05, 0) is 37.0 Å². The zero-order chi connectivity index (χ0) is 22.7. The Balaban J connectivity index is 1.24. The summed E-state index contributed by atoms with van der Waals surface area (Å²) >= 11 is 7.55. The molecule has 170 valence electrons. The molecule has 8 nitrogen and oxygen atoms in total. The number of primary amides is 1. The molecule has 0 saturated carbocycles. The number of carbonyl (C=O) groups is 3. The van der Waals surface area contributed by atoms with Crippen molar-refractivity contribution >= 4 is 51.3 Å². The number of rotatable bonds is 7. The van der Waals surface area contributed by atoms with E-state index in [2.05, 4.69) is 15.5 Å². The second kappa shape index (κ2) is 9.99. The van der Waals surface area contributed by atoms with Crippen molar-refractivity contribution in [2.24, 2.45) is 5.73 Å². The van der Waals surface area contributed by atoms with Crippen LogP contribution in [0.15, 0.2) is 24.3 Å². The van der Waals surface area contributed by atoms with Crippen molar-refractivity contribution in [3.05, 3.63) is 45.3 Å². The van der Waals surface area contributed by atoms with E-state index in [9.17, 15) is 14.4 Å². The van der Waals surface area contributed by atoms with E-state index in [1.165, 1.54) is 11.3 Å². The Kier molecular flexibility index (Phi) is 7.10. The Bertz CT molecular complexity index is 1030. The molecule has 0 spiro atoms. The molecule has 0 atom stereocenters. The number of hydrogen-bond donors (Lipinski definition) is 3. The molecule has 1 aromatic carbocycles. The first-order valence-corrected chi connectivity index (χ1v) is 11.8. The second-order valence-corrected chi connectivity index (χ2v) is 9.57. The van der Waals surface area contributed by atoms with Crippen LogP contribution in [-0.2, 0) is 22.4 Å². The zero-order valence-electron chi connectivity index (χ0n) is 17.7. The van der Waals surface area contributed by atoms with E-state index < -0.39 is 5.91 Å². The standard InChI is InChI=1S/C22H26ClN5O3S/c23-15-5-1-2-6-16(15)25-18(29)12-27-8-10-28(11-9-27)13-19(30)26-22-20(21(24)31)14-4-3-7-17(14)32-22/h1-2,5-6H,3-4,7-13H2,(H2,24,31)(H,25,29)(H,26,30). The molecule has 10 heteroatoms. The highest BCUT2D eigenvalue weighted by Crippen LogP contribution is 2.38. The number of hydrogen-bond acceptors (Lipinski definition) is 6. The summed E-state index contributed by atoms with van der Waals surface area (Å²) in [7, 11) is 0. The highest BCUT2D eigenvalue weighted by atomic mass is 35.5. The van der Waals surface area contributed by atoms with Gasteiger partial charge in [0, 0.05) is 31.1 Å². The number of para-hydroxylation sites is 1. The van der Waals surface area contributed by atoms with Crippen molar-refractivity contribution < 1.29 is 14.4 Å². The van der Waals surface area contributed by atoms with E-state index in [1.807, 2.05) is 17.0 Å². The molecule has 1 fully saturated rings. The first-order valence-electron chi connectivity index (χ1n) is 10.6. The summed E-state index contributed by atoms with van der Waals surface area (Å²) in [6, 6.07) is 7.13. The maximum absolute atomic E-state index is 12.6. The number of carbonyl (C=O) groups excluding carboxylic acids is 3. The fraction of sp³-hybridized carbons (Fsp3) is 0.409. The highest BCUT2D eigenvalue weighted by molar-refractivity contribution is 7.17. The van der Waals surface area contributed by atoms with E-state index in [4.69, 9.17) is 17.3 Å². The van der Waals surface area contributed by atoms with Crippen LogP contribution >= 0.6 is 22.9 Å². The zero-order valence-corrected chi connectivity index (χ0v) is 19.2. The summed E-state index contributed by atoms with van der Waals surface area (Å²) in [5.74, 6) is -0.755. The number of nitrogens with two attached hydrogens (primary N) is 1. The van der Waals surface area contributed by atoms with E-state index in [-0.39, 0.29) is 24.9 Å².